The van der Waals surface area contributed by atoms with Crippen molar-refractivity contribution in [1.29, 1.82) is 0 Å². The Morgan fingerprint density at radius 3 is 2.67 bits per heavy atom. The molecular weight excluding hydrogens is 228 g/mol. The number of esters is 1. The molecule has 2 N–H and O–H groups in total. The van der Waals surface area contributed by atoms with E-state index in [1.165, 1.54) is 5.56 Å². The molecule has 0 aliphatic heterocycles. The Morgan fingerprint density at radius 1 is 1.33 bits per heavy atom. The van der Waals surface area contributed by atoms with Crippen molar-refractivity contribution >= 4 is 5.97 Å². The zero-order valence-corrected chi connectivity index (χ0v) is 11.2. The predicted molar refractivity (Wildman–Crippen MR) is 71.9 cm³/mol. The van der Waals surface area contributed by atoms with Gasteiger partial charge in [0, 0.05) is 13.1 Å². The molecule has 0 atom stereocenters. The Hall–Kier alpha value is -1.39. The van der Waals surface area contributed by atoms with E-state index in [9.17, 15) is 4.79 Å². The highest BCUT2D eigenvalue weighted by Gasteiger charge is 2.10. The normalized spacial score (nSPS) is 10.7. The molecule has 0 amide bonds. The molecular formula is C14H22N2O2. The lowest BCUT2D eigenvalue weighted by Crippen LogP contribution is -2.30. The van der Waals surface area contributed by atoms with Crippen LogP contribution in [0.2, 0.25) is 0 Å². The number of benzene rings is 1. The number of likely N-dealkylation sites (N-methyl/N-ethyl adjacent to an activating group) is 1. The van der Waals surface area contributed by atoms with Crippen molar-refractivity contribution in [1.82, 2.24) is 4.90 Å². The second-order valence-electron chi connectivity index (χ2n) is 4.13. The summed E-state index contributed by atoms with van der Waals surface area (Å²) < 4.78 is 4.96. The Balaban J connectivity index is 2.58. The first-order valence-corrected chi connectivity index (χ1v) is 6.35. The van der Waals surface area contributed by atoms with Gasteiger partial charge in [-0.2, -0.15) is 0 Å². The lowest BCUT2D eigenvalue weighted by atomic mass is 10.1. The molecule has 0 aliphatic rings. The summed E-state index contributed by atoms with van der Waals surface area (Å²) in [5.74, 6) is -0.172. The molecule has 0 aromatic heterocycles. The molecule has 0 radical (unpaired) electrons. The molecule has 18 heavy (non-hydrogen) atoms. The maximum Gasteiger partial charge on any atom is 0.320 e. The number of hydrogen-bond acceptors (Lipinski definition) is 4. The summed E-state index contributed by atoms with van der Waals surface area (Å²) in [7, 11) is 0. The van der Waals surface area contributed by atoms with Crippen LogP contribution in [0.1, 0.15) is 25.0 Å². The molecule has 0 fully saturated rings. The Labute approximate surface area is 109 Å². The van der Waals surface area contributed by atoms with Crippen LogP contribution >= 0.6 is 0 Å². The minimum Gasteiger partial charge on any atom is -0.465 e. The number of carbonyl (C=O) groups excluding carboxylic acids is 1. The van der Waals surface area contributed by atoms with Crippen LogP contribution < -0.4 is 5.73 Å². The Kier molecular flexibility index (Phi) is 6.39. The highest BCUT2D eigenvalue weighted by Crippen LogP contribution is 2.08. The molecule has 0 unspecified atom stereocenters. The molecule has 4 heteroatoms. The largest absolute Gasteiger partial charge is 0.465 e. The smallest absolute Gasteiger partial charge is 0.320 e. The van der Waals surface area contributed by atoms with Crippen LogP contribution in [-0.2, 0) is 22.6 Å². The average Bonchev–Trinajstić information content (AvgIpc) is 2.38. The molecule has 0 heterocycles. The number of ether oxygens (including phenoxy) is 1. The van der Waals surface area contributed by atoms with E-state index in [0.717, 1.165) is 18.7 Å². The SMILES string of the molecule is CCOC(=O)CN(CC)Cc1cccc(CN)c1. The van der Waals surface area contributed by atoms with E-state index in [4.69, 9.17) is 10.5 Å². The summed E-state index contributed by atoms with van der Waals surface area (Å²) in [6.07, 6.45) is 0. The molecule has 100 valence electrons. The first-order valence-electron chi connectivity index (χ1n) is 6.35. The van der Waals surface area contributed by atoms with Crippen molar-refractivity contribution in [2.75, 3.05) is 19.7 Å². The van der Waals surface area contributed by atoms with Gasteiger partial charge in [0.05, 0.1) is 13.2 Å². The topological polar surface area (TPSA) is 55.6 Å². The van der Waals surface area contributed by atoms with Crippen LogP contribution in [0, 0.1) is 0 Å². The number of rotatable bonds is 7. The van der Waals surface area contributed by atoms with Crippen molar-refractivity contribution < 1.29 is 9.53 Å². The first kappa shape index (κ1) is 14.7. The van der Waals surface area contributed by atoms with Crippen LogP contribution in [0.5, 0.6) is 0 Å². The fourth-order valence-corrected chi connectivity index (χ4v) is 1.78. The Bertz CT molecular complexity index is 380. The minimum absolute atomic E-state index is 0.172. The van der Waals surface area contributed by atoms with Gasteiger partial charge >= 0.3 is 5.97 Å². The molecule has 0 saturated carbocycles. The number of nitrogens with two attached hydrogens (primary N) is 1. The van der Waals surface area contributed by atoms with E-state index in [1.54, 1.807) is 0 Å². The summed E-state index contributed by atoms with van der Waals surface area (Å²) in [5, 5.41) is 0. The molecule has 1 aromatic carbocycles. The van der Waals surface area contributed by atoms with Crippen LogP contribution in [-0.4, -0.2) is 30.6 Å². The van der Waals surface area contributed by atoms with Crippen LogP contribution in [0.3, 0.4) is 0 Å². The molecule has 0 saturated heterocycles. The van der Waals surface area contributed by atoms with Gasteiger partial charge in [0.15, 0.2) is 0 Å². The van der Waals surface area contributed by atoms with Crippen molar-refractivity contribution in [2.45, 2.75) is 26.9 Å². The van der Waals surface area contributed by atoms with Gasteiger partial charge in [0.1, 0.15) is 0 Å². The minimum atomic E-state index is -0.172. The lowest BCUT2D eigenvalue weighted by molar-refractivity contribution is -0.144. The van der Waals surface area contributed by atoms with Gasteiger partial charge in [-0.25, -0.2) is 0 Å². The first-order chi connectivity index (χ1) is 8.69. The van der Waals surface area contributed by atoms with E-state index in [0.29, 0.717) is 19.7 Å². The third kappa shape index (κ3) is 4.85. The lowest BCUT2D eigenvalue weighted by Gasteiger charge is -2.19. The molecule has 1 rings (SSSR count). The third-order valence-corrected chi connectivity index (χ3v) is 2.74. The zero-order chi connectivity index (χ0) is 13.4. The molecule has 4 nitrogen and oxygen atoms in total. The van der Waals surface area contributed by atoms with Crippen molar-refractivity contribution in [2.24, 2.45) is 5.73 Å². The fraction of sp³-hybridized carbons (Fsp3) is 0.500. The summed E-state index contributed by atoms with van der Waals surface area (Å²) in [4.78, 5) is 13.5. The summed E-state index contributed by atoms with van der Waals surface area (Å²) in [5.41, 5.74) is 7.90. The molecule has 0 aliphatic carbocycles. The number of carbonyl (C=O) groups is 1. The third-order valence-electron chi connectivity index (χ3n) is 2.74. The van der Waals surface area contributed by atoms with E-state index in [-0.39, 0.29) is 5.97 Å². The van der Waals surface area contributed by atoms with Crippen molar-refractivity contribution in [3.63, 3.8) is 0 Å². The average molecular weight is 250 g/mol. The summed E-state index contributed by atoms with van der Waals surface area (Å²) >= 11 is 0. The summed E-state index contributed by atoms with van der Waals surface area (Å²) in [6.45, 7) is 6.70. The van der Waals surface area contributed by atoms with Gasteiger partial charge in [-0.15, -0.1) is 0 Å². The van der Waals surface area contributed by atoms with Gasteiger partial charge in [-0.1, -0.05) is 31.2 Å². The zero-order valence-electron chi connectivity index (χ0n) is 11.2. The van der Waals surface area contributed by atoms with Crippen LogP contribution in [0.15, 0.2) is 24.3 Å². The highest BCUT2D eigenvalue weighted by molar-refractivity contribution is 5.71. The molecule has 0 bridgehead atoms. The van der Waals surface area contributed by atoms with Gasteiger partial charge in [0.25, 0.3) is 0 Å². The van der Waals surface area contributed by atoms with E-state index in [2.05, 4.69) is 6.07 Å². The van der Waals surface area contributed by atoms with Gasteiger partial charge in [-0.3, -0.25) is 9.69 Å². The monoisotopic (exact) mass is 250 g/mol. The highest BCUT2D eigenvalue weighted by atomic mass is 16.5. The molecule has 0 spiro atoms. The van der Waals surface area contributed by atoms with Crippen molar-refractivity contribution in [3.8, 4) is 0 Å². The second kappa shape index (κ2) is 7.84. The quantitative estimate of drug-likeness (QED) is 0.746. The fourth-order valence-electron chi connectivity index (χ4n) is 1.78. The predicted octanol–water partition coefficient (Wildman–Crippen LogP) is 1.53. The van der Waals surface area contributed by atoms with Crippen LogP contribution in [0.25, 0.3) is 0 Å². The Morgan fingerprint density at radius 2 is 2.06 bits per heavy atom. The van der Waals surface area contributed by atoms with E-state index in [1.807, 2.05) is 36.9 Å². The van der Waals surface area contributed by atoms with E-state index >= 15 is 0 Å². The number of hydrogen-bond donors (Lipinski definition) is 1. The van der Waals surface area contributed by atoms with Crippen molar-refractivity contribution in [3.05, 3.63) is 35.4 Å². The molecule has 1 aromatic rings. The maximum atomic E-state index is 11.4. The summed E-state index contributed by atoms with van der Waals surface area (Å²) in [6, 6.07) is 8.13. The van der Waals surface area contributed by atoms with E-state index < -0.39 is 0 Å². The van der Waals surface area contributed by atoms with Gasteiger partial charge in [0.2, 0.25) is 0 Å². The maximum absolute atomic E-state index is 11.4. The van der Waals surface area contributed by atoms with Crippen LogP contribution in [0.4, 0.5) is 0 Å². The number of nitrogens with zero attached hydrogens (tertiary/aromatic N) is 1. The van der Waals surface area contributed by atoms with Gasteiger partial charge in [-0.05, 0) is 24.6 Å². The van der Waals surface area contributed by atoms with Gasteiger partial charge < -0.3 is 10.5 Å². The second-order valence-corrected chi connectivity index (χ2v) is 4.13. The standard InChI is InChI=1S/C14H22N2O2/c1-3-16(11-14(17)18-4-2)10-13-7-5-6-12(8-13)9-15/h5-8H,3-4,9-11,15H2,1-2H3.